The van der Waals surface area contributed by atoms with E-state index in [1.54, 1.807) is 6.07 Å². The molecule has 5 heteroatoms. The van der Waals surface area contributed by atoms with Crippen molar-refractivity contribution in [1.29, 1.82) is 0 Å². The van der Waals surface area contributed by atoms with E-state index in [2.05, 4.69) is 28.2 Å². The monoisotopic (exact) mass is 391 g/mol. The van der Waals surface area contributed by atoms with Gasteiger partial charge in [-0.3, -0.25) is 0 Å². The Bertz CT molecular complexity index is 616. The lowest BCUT2D eigenvalue weighted by Gasteiger charge is -2.21. The fourth-order valence-electron chi connectivity index (χ4n) is 1.98. The molecule has 0 aliphatic rings. The SMILES string of the molecule is CCC(Nc1cc(Cl)ccc1Br)c1ccc(Cl)cc1Cl. The zero-order valence-corrected chi connectivity index (χ0v) is 14.6. The van der Waals surface area contributed by atoms with E-state index in [-0.39, 0.29) is 6.04 Å². The van der Waals surface area contributed by atoms with Gasteiger partial charge >= 0.3 is 0 Å². The van der Waals surface area contributed by atoms with Crippen LogP contribution in [0.25, 0.3) is 0 Å². The van der Waals surface area contributed by atoms with Gasteiger partial charge in [-0.15, -0.1) is 0 Å². The highest BCUT2D eigenvalue weighted by molar-refractivity contribution is 9.10. The fraction of sp³-hybridized carbons (Fsp3) is 0.200. The van der Waals surface area contributed by atoms with Crippen molar-refractivity contribution < 1.29 is 0 Å². The third-order valence-electron chi connectivity index (χ3n) is 3.00. The lowest BCUT2D eigenvalue weighted by molar-refractivity contribution is 0.749. The number of nitrogens with one attached hydrogen (secondary N) is 1. The minimum atomic E-state index is 0.0922. The molecule has 2 rings (SSSR count). The van der Waals surface area contributed by atoms with Crippen LogP contribution in [0.1, 0.15) is 24.9 Å². The molecule has 0 amide bonds. The molecule has 1 atom stereocenters. The molecule has 1 nitrogen and oxygen atoms in total. The summed E-state index contributed by atoms with van der Waals surface area (Å²) >= 11 is 21.8. The first kappa shape index (κ1) is 16.0. The van der Waals surface area contributed by atoms with Gasteiger partial charge in [0, 0.05) is 19.5 Å². The molecule has 0 bridgehead atoms. The first-order chi connectivity index (χ1) is 9.51. The first-order valence-electron chi connectivity index (χ1n) is 6.17. The van der Waals surface area contributed by atoms with Gasteiger partial charge in [-0.05, 0) is 58.2 Å². The zero-order chi connectivity index (χ0) is 14.7. The van der Waals surface area contributed by atoms with Gasteiger partial charge in [0.1, 0.15) is 0 Å². The minimum Gasteiger partial charge on any atom is -0.377 e. The summed E-state index contributed by atoms with van der Waals surface area (Å²) in [4.78, 5) is 0. The zero-order valence-electron chi connectivity index (χ0n) is 10.8. The van der Waals surface area contributed by atoms with Gasteiger partial charge in [0.05, 0.1) is 11.7 Å². The third-order valence-corrected chi connectivity index (χ3v) is 4.49. The molecule has 0 saturated carbocycles. The molecule has 0 aromatic heterocycles. The molecule has 0 aliphatic carbocycles. The number of halogens is 4. The van der Waals surface area contributed by atoms with Crippen LogP contribution in [-0.2, 0) is 0 Å². The van der Waals surface area contributed by atoms with E-state index in [0.717, 1.165) is 22.1 Å². The van der Waals surface area contributed by atoms with Gasteiger partial charge in [0.2, 0.25) is 0 Å². The summed E-state index contributed by atoms with van der Waals surface area (Å²) < 4.78 is 0.963. The van der Waals surface area contributed by atoms with Crippen LogP contribution >= 0.6 is 50.7 Å². The molecule has 2 aromatic rings. The van der Waals surface area contributed by atoms with Crippen molar-refractivity contribution >= 4 is 56.4 Å². The van der Waals surface area contributed by atoms with E-state index in [4.69, 9.17) is 34.8 Å². The van der Waals surface area contributed by atoms with E-state index in [1.165, 1.54) is 0 Å². The smallest absolute Gasteiger partial charge is 0.0526 e. The highest BCUT2D eigenvalue weighted by Crippen LogP contribution is 2.34. The molecule has 0 aliphatic heterocycles. The van der Waals surface area contributed by atoms with E-state index >= 15 is 0 Å². The van der Waals surface area contributed by atoms with Crippen molar-refractivity contribution in [2.75, 3.05) is 5.32 Å². The predicted molar refractivity (Wildman–Crippen MR) is 92.3 cm³/mol. The average Bonchev–Trinajstić information content (AvgIpc) is 2.40. The highest BCUT2D eigenvalue weighted by atomic mass is 79.9. The second-order valence-corrected chi connectivity index (χ2v) is 6.53. The summed E-state index contributed by atoms with van der Waals surface area (Å²) in [5.41, 5.74) is 1.96. The van der Waals surface area contributed by atoms with Crippen molar-refractivity contribution in [1.82, 2.24) is 0 Å². The molecule has 0 fully saturated rings. The van der Waals surface area contributed by atoms with E-state index in [0.29, 0.717) is 15.1 Å². The van der Waals surface area contributed by atoms with Crippen LogP contribution in [-0.4, -0.2) is 0 Å². The summed E-state index contributed by atoms with van der Waals surface area (Å²) in [6.07, 6.45) is 0.889. The van der Waals surface area contributed by atoms with Crippen LogP contribution in [0, 0.1) is 0 Å². The van der Waals surface area contributed by atoms with Crippen LogP contribution in [0.4, 0.5) is 5.69 Å². The Hall–Kier alpha value is -0.410. The normalized spacial score (nSPS) is 12.2. The van der Waals surface area contributed by atoms with Crippen LogP contribution in [0.15, 0.2) is 40.9 Å². The van der Waals surface area contributed by atoms with E-state index in [9.17, 15) is 0 Å². The maximum atomic E-state index is 6.28. The van der Waals surface area contributed by atoms with Crippen LogP contribution in [0.3, 0.4) is 0 Å². The largest absolute Gasteiger partial charge is 0.377 e. The Balaban J connectivity index is 2.31. The van der Waals surface area contributed by atoms with Gasteiger partial charge in [-0.1, -0.05) is 47.8 Å². The van der Waals surface area contributed by atoms with Crippen LogP contribution in [0.2, 0.25) is 15.1 Å². The van der Waals surface area contributed by atoms with Gasteiger partial charge in [-0.2, -0.15) is 0 Å². The maximum absolute atomic E-state index is 6.28. The standard InChI is InChI=1S/C15H13BrCl3N/c1-2-14(11-5-3-9(17)7-13(11)19)20-15-8-10(18)4-6-12(15)16/h3-8,14,20H,2H2,1H3. The highest BCUT2D eigenvalue weighted by Gasteiger charge is 2.14. The molecular weight excluding hydrogens is 380 g/mol. The second kappa shape index (κ2) is 7.04. The molecule has 1 N–H and O–H groups in total. The quantitative estimate of drug-likeness (QED) is 0.591. The van der Waals surface area contributed by atoms with Crippen LogP contribution < -0.4 is 5.32 Å². The lowest BCUT2D eigenvalue weighted by Crippen LogP contribution is -2.10. The predicted octanol–water partition coefficient (Wildman–Crippen LogP) is 6.97. The van der Waals surface area contributed by atoms with E-state index in [1.807, 2.05) is 30.3 Å². The van der Waals surface area contributed by atoms with Crippen molar-refractivity contribution in [2.24, 2.45) is 0 Å². The Morgan fingerprint density at radius 1 is 1.05 bits per heavy atom. The summed E-state index contributed by atoms with van der Waals surface area (Å²) in [5, 5.41) is 5.44. The van der Waals surface area contributed by atoms with E-state index < -0.39 is 0 Å². The number of anilines is 1. The second-order valence-electron chi connectivity index (χ2n) is 4.40. The summed E-state index contributed by atoms with van der Waals surface area (Å²) in [6.45, 7) is 2.10. The molecule has 20 heavy (non-hydrogen) atoms. The van der Waals surface area contributed by atoms with Gasteiger partial charge in [0.15, 0.2) is 0 Å². The number of benzene rings is 2. The first-order valence-corrected chi connectivity index (χ1v) is 8.10. The Labute approximate surface area is 142 Å². The third kappa shape index (κ3) is 3.82. The van der Waals surface area contributed by atoms with Crippen molar-refractivity contribution in [2.45, 2.75) is 19.4 Å². The molecule has 0 heterocycles. The number of hydrogen-bond donors (Lipinski definition) is 1. The fourth-order valence-corrected chi connectivity index (χ4v) is 3.05. The molecule has 0 radical (unpaired) electrons. The molecule has 0 saturated heterocycles. The van der Waals surface area contributed by atoms with Gasteiger partial charge in [0.25, 0.3) is 0 Å². The molecule has 106 valence electrons. The Kier molecular flexibility index (Phi) is 5.62. The maximum Gasteiger partial charge on any atom is 0.0526 e. The summed E-state index contributed by atoms with van der Waals surface area (Å²) in [7, 11) is 0. The molecule has 1 unspecified atom stereocenters. The van der Waals surface area contributed by atoms with Crippen molar-refractivity contribution in [3.63, 3.8) is 0 Å². The van der Waals surface area contributed by atoms with Gasteiger partial charge < -0.3 is 5.32 Å². The Morgan fingerprint density at radius 2 is 1.70 bits per heavy atom. The minimum absolute atomic E-state index is 0.0922. The summed E-state index contributed by atoms with van der Waals surface area (Å²) in [5.74, 6) is 0. The molecular formula is C15H13BrCl3N. The van der Waals surface area contributed by atoms with Crippen molar-refractivity contribution in [3.8, 4) is 0 Å². The van der Waals surface area contributed by atoms with Crippen LogP contribution in [0.5, 0.6) is 0 Å². The number of hydrogen-bond acceptors (Lipinski definition) is 1. The topological polar surface area (TPSA) is 12.0 Å². The van der Waals surface area contributed by atoms with Crippen molar-refractivity contribution in [3.05, 3.63) is 61.5 Å². The average molecular weight is 394 g/mol. The summed E-state index contributed by atoms with van der Waals surface area (Å²) in [6, 6.07) is 11.3. The number of rotatable bonds is 4. The Morgan fingerprint density at radius 3 is 2.35 bits per heavy atom. The molecule has 0 spiro atoms. The molecule has 2 aromatic carbocycles. The lowest BCUT2D eigenvalue weighted by atomic mass is 10.0. The van der Waals surface area contributed by atoms with Gasteiger partial charge in [-0.25, -0.2) is 0 Å².